The first-order chi connectivity index (χ1) is 12.1. The van der Waals surface area contributed by atoms with Crippen LogP contribution in [0.1, 0.15) is 30.8 Å². The fourth-order valence-electron chi connectivity index (χ4n) is 2.94. The minimum atomic E-state index is 0.532. The maximum atomic E-state index is 9.55. The largest absolute Gasteiger partial charge is 0.372 e. The average molecular weight is 330 g/mol. The Morgan fingerprint density at radius 1 is 1.16 bits per heavy atom. The van der Waals surface area contributed by atoms with Gasteiger partial charge < -0.3 is 9.88 Å². The number of nitrogens with zero attached hydrogens (tertiary/aromatic N) is 3. The third kappa shape index (κ3) is 3.56. The normalized spacial score (nSPS) is 11.5. The number of benzene rings is 2. The molecule has 1 aromatic heterocycles. The zero-order chi connectivity index (χ0) is 17.8. The number of aryl methyl sites for hydroxylation is 1. The molecule has 0 aliphatic heterocycles. The summed E-state index contributed by atoms with van der Waals surface area (Å²) in [6.45, 7) is 8.29. The summed E-state index contributed by atoms with van der Waals surface area (Å²) < 4.78 is 0. The van der Waals surface area contributed by atoms with E-state index in [2.05, 4.69) is 46.9 Å². The minimum Gasteiger partial charge on any atom is -0.372 e. The predicted molar refractivity (Wildman–Crippen MR) is 104 cm³/mol. The van der Waals surface area contributed by atoms with Crippen LogP contribution in [0.3, 0.4) is 0 Å². The highest BCUT2D eigenvalue weighted by Crippen LogP contribution is 2.21. The van der Waals surface area contributed by atoms with Crippen LogP contribution in [0.25, 0.3) is 22.7 Å². The van der Waals surface area contributed by atoms with Crippen LogP contribution in [-0.2, 0) is 0 Å². The van der Waals surface area contributed by atoms with Crippen molar-refractivity contribution in [2.75, 3.05) is 18.0 Å². The second-order valence-corrected chi connectivity index (χ2v) is 6.04. The molecule has 0 spiro atoms. The number of hydrogen-bond donors (Lipinski definition) is 1. The maximum Gasteiger partial charge on any atom is 0.149 e. The van der Waals surface area contributed by atoms with Crippen molar-refractivity contribution in [3.8, 4) is 6.07 Å². The lowest BCUT2D eigenvalue weighted by molar-refractivity contribution is 0.866. The Kier molecular flexibility index (Phi) is 4.85. The van der Waals surface area contributed by atoms with Crippen molar-refractivity contribution in [3.63, 3.8) is 0 Å². The molecule has 0 aliphatic rings. The number of nitrogens with one attached hydrogen (secondary N) is 1. The second kappa shape index (κ2) is 7.23. The van der Waals surface area contributed by atoms with Gasteiger partial charge in [0.05, 0.1) is 16.6 Å². The van der Waals surface area contributed by atoms with E-state index in [0.29, 0.717) is 11.4 Å². The van der Waals surface area contributed by atoms with E-state index in [1.165, 1.54) is 5.69 Å². The fraction of sp³-hybridized carbons (Fsp3) is 0.238. The van der Waals surface area contributed by atoms with Crippen LogP contribution < -0.4 is 4.90 Å². The fourth-order valence-corrected chi connectivity index (χ4v) is 2.94. The number of imidazole rings is 1. The summed E-state index contributed by atoms with van der Waals surface area (Å²) in [5.41, 5.74) is 5.71. The van der Waals surface area contributed by atoms with E-state index in [4.69, 9.17) is 0 Å². The first kappa shape index (κ1) is 16.8. The first-order valence-corrected chi connectivity index (χ1v) is 8.58. The summed E-state index contributed by atoms with van der Waals surface area (Å²) >= 11 is 0. The molecule has 0 unspecified atom stereocenters. The SMILES string of the molecule is CCN(CC)c1ccc(/C=C(/C#N)c2nc3ccc(C)cc3[nH]2)cc1. The number of H-pyrrole nitrogens is 1. The zero-order valence-electron chi connectivity index (χ0n) is 14.9. The van der Waals surface area contributed by atoms with Crippen LogP contribution >= 0.6 is 0 Å². The van der Waals surface area contributed by atoms with E-state index in [-0.39, 0.29) is 0 Å². The van der Waals surface area contributed by atoms with Gasteiger partial charge in [-0.05, 0) is 62.2 Å². The number of nitriles is 1. The summed E-state index contributed by atoms with van der Waals surface area (Å²) in [5, 5.41) is 9.55. The second-order valence-electron chi connectivity index (χ2n) is 6.04. The van der Waals surface area contributed by atoms with Gasteiger partial charge in [-0.1, -0.05) is 18.2 Å². The number of hydrogen-bond acceptors (Lipinski definition) is 3. The van der Waals surface area contributed by atoms with Gasteiger partial charge in [-0.15, -0.1) is 0 Å². The van der Waals surface area contributed by atoms with E-state index in [0.717, 1.165) is 35.2 Å². The van der Waals surface area contributed by atoms with E-state index in [9.17, 15) is 5.26 Å². The van der Waals surface area contributed by atoms with Crippen molar-refractivity contribution >= 4 is 28.4 Å². The number of aromatic nitrogens is 2. The van der Waals surface area contributed by atoms with Crippen molar-refractivity contribution in [2.24, 2.45) is 0 Å². The molecule has 0 bridgehead atoms. The molecule has 0 aliphatic carbocycles. The monoisotopic (exact) mass is 330 g/mol. The van der Waals surface area contributed by atoms with Crippen molar-refractivity contribution < 1.29 is 0 Å². The standard InChI is InChI=1S/C21H22N4/c1-4-25(5-2)18-9-7-16(8-10-18)13-17(14-22)21-23-19-11-6-15(3)12-20(19)24-21/h6-13H,4-5H2,1-3H3,(H,23,24)/b17-13-. The van der Waals surface area contributed by atoms with Crippen molar-refractivity contribution in [1.29, 1.82) is 5.26 Å². The molecule has 4 nitrogen and oxygen atoms in total. The molecule has 0 amide bonds. The van der Waals surface area contributed by atoms with Crippen molar-refractivity contribution in [1.82, 2.24) is 9.97 Å². The van der Waals surface area contributed by atoms with Gasteiger partial charge in [-0.2, -0.15) is 5.26 Å². The number of fused-ring (bicyclic) bond motifs is 1. The quantitative estimate of drug-likeness (QED) is 0.685. The lowest BCUT2D eigenvalue weighted by Crippen LogP contribution is -2.21. The molecule has 0 saturated heterocycles. The molecule has 126 valence electrons. The molecular weight excluding hydrogens is 308 g/mol. The third-order valence-corrected chi connectivity index (χ3v) is 4.35. The Hall–Kier alpha value is -3.06. The lowest BCUT2D eigenvalue weighted by Gasteiger charge is -2.20. The third-order valence-electron chi connectivity index (χ3n) is 4.35. The van der Waals surface area contributed by atoms with Gasteiger partial charge in [0.25, 0.3) is 0 Å². The number of anilines is 1. The number of aromatic amines is 1. The van der Waals surface area contributed by atoms with E-state index in [1.807, 2.05) is 43.3 Å². The molecule has 0 radical (unpaired) electrons. The maximum absolute atomic E-state index is 9.55. The Balaban J connectivity index is 1.92. The van der Waals surface area contributed by atoms with Crippen LogP contribution in [0.2, 0.25) is 0 Å². The lowest BCUT2D eigenvalue weighted by atomic mass is 10.1. The summed E-state index contributed by atoms with van der Waals surface area (Å²) in [6, 6.07) is 16.6. The summed E-state index contributed by atoms with van der Waals surface area (Å²) in [6.07, 6.45) is 1.87. The molecule has 3 rings (SSSR count). The zero-order valence-corrected chi connectivity index (χ0v) is 14.9. The molecule has 3 aromatic rings. The highest BCUT2D eigenvalue weighted by atomic mass is 15.1. The molecule has 1 heterocycles. The van der Waals surface area contributed by atoms with Crippen molar-refractivity contribution in [2.45, 2.75) is 20.8 Å². The van der Waals surface area contributed by atoms with E-state index < -0.39 is 0 Å². The van der Waals surface area contributed by atoms with Gasteiger partial charge in [0, 0.05) is 18.8 Å². The summed E-state index contributed by atoms with van der Waals surface area (Å²) in [5.74, 6) is 0.607. The Labute approximate surface area is 148 Å². The summed E-state index contributed by atoms with van der Waals surface area (Å²) in [7, 11) is 0. The van der Waals surface area contributed by atoms with Crippen LogP contribution in [0.5, 0.6) is 0 Å². The van der Waals surface area contributed by atoms with Crippen LogP contribution in [0.4, 0.5) is 5.69 Å². The highest BCUT2D eigenvalue weighted by Gasteiger charge is 2.08. The molecule has 0 atom stereocenters. The van der Waals surface area contributed by atoms with Gasteiger partial charge in [0.1, 0.15) is 11.9 Å². The first-order valence-electron chi connectivity index (χ1n) is 8.58. The molecular formula is C21H22N4. The number of allylic oxidation sites excluding steroid dienone is 1. The summed E-state index contributed by atoms with van der Waals surface area (Å²) in [4.78, 5) is 10.1. The van der Waals surface area contributed by atoms with Crippen molar-refractivity contribution in [3.05, 3.63) is 59.4 Å². The van der Waals surface area contributed by atoms with Crippen LogP contribution in [0.15, 0.2) is 42.5 Å². The molecule has 2 aromatic carbocycles. The smallest absolute Gasteiger partial charge is 0.149 e. The Bertz CT molecular complexity index is 938. The predicted octanol–water partition coefficient (Wildman–Crippen LogP) is 4.78. The number of rotatable bonds is 5. The molecule has 4 heteroatoms. The molecule has 0 saturated carbocycles. The van der Waals surface area contributed by atoms with Gasteiger partial charge in [-0.3, -0.25) is 0 Å². The van der Waals surface area contributed by atoms with Gasteiger partial charge >= 0.3 is 0 Å². The van der Waals surface area contributed by atoms with Gasteiger partial charge in [0.15, 0.2) is 0 Å². The van der Waals surface area contributed by atoms with E-state index >= 15 is 0 Å². The molecule has 25 heavy (non-hydrogen) atoms. The highest BCUT2D eigenvalue weighted by molar-refractivity contribution is 5.90. The molecule has 1 N–H and O–H groups in total. The minimum absolute atomic E-state index is 0.532. The van der Waals surface area contributed by atoms with Gasteiger partial charge in [-0.25, -0.2) is 4.98 Å². The average Bonchev–Trinajstić information content (AvgIpc) is 3.04. The Morgan fingerprint density at radius 2 is 1.88 bits per heavy atom. The van der Waals surface area contributed by atoms with Crippen LogP contribution in [-0.4, -0.2) is 23.1 Å². The molecule has 0 fully saturated rings. The Morgan fingerprint density at radius 3 is 2.52 bits per heavy atom. The van der Waals surface area contributed by atoms with E-state index in [1.54, 1.807) is 0 Å². The topological polar surface area (TPSA) is 55.7 Å². The van der Waals surface area contributed by atoms with Gasteiger partial charge in [0.2, 0.25) is 0 Å². The van der Waals surface area contributed by atoms with Crippen LogP contribution in [0, 0.1) is 18.3 Å².